The Balaban J connectivity index is 2.20. The lowest BCUT2D eigenvalue weighted by atomic mass is 9.88. The van der Waals surface area contributed by atoms with Crippen molar-refractivity contribution >= 4 is 11.6 Å². The summed E-state index contributed by atoms with van der Waals surface area (Å²) in [6, 6.07) is 10.2. The molecule has 0 bridgehead atoms. The van der Waals surface area contributed by atoms with Gasteiger partial charge in [0, 0.05) is 29.2 Å². The van der Waals surface area contributed by atoms with Crippen LogP contribution >= 0.6 is 11.6 Å². The lowest BCUT2D eigenvalue weighted by Crippen LogP contribution is -2.36. The summed E-state index contributed by atoms with van der Waals surface area (Å²) in [6.07, 6.45) is 3.75. The van der Waals surface area contributed by atoms with Crippen LogP contribution in [0.1, 0.15) is 44.5 Å². The summed E-state index contributed by atoms with van der Waals surface area (Å²) >= 11 is 6.25. The number of nitrogens with two attached hydrogens (primary N) is 1. The van der Waals surface area contributed by atoms with E-state index in [-0.39, 0.29) is 0 Å². The van der Waals surface area contributed by atoms with Gasteiger partial charge in [-0.3, -0.25) is 4.68 Å². The van der Waals surface area contributed by atoms with E-state index in [2.05, 4.69) is 18.9 Å². The van der Waals surface area contributed by atoms with Crippen LogP contribution in [0.3, 0.4) is 0 Å². The van der Waals surface area contributed by atoms with Crippen LogP contribution in [0.4, 0.5) is 0 Å². The Morgan fingerprint density at radius 2 is 2.05 bits per heavy atom. The van der Waals surface area contributed by atoms with E-state index in [1.165, 1.54) is 0 Å². The molecule has 0 amide bonds. The standard InChI is InChI=1S/C16H22ClN3/c1-4-12(2)20-10-9-13(19-20)11-16(3,18)14-7-5-6-8-15(14)17/h5-10,12H,4,11,18H2,1-3H3. The molecule has 3 nitrogen and oxygen atoms in total. The Kier molecular flexibility index (Phi) is 4.51. The van der Waals surface area contributed by atoms with E-state index >= 15 is 0 Å². The van der Waals surface area contributed by atoms with E-state index < -0.39 is 5.54 Å². The van der Waals surface area contributed by atoms with E-state index in [4.69, 9.17) is 17.3 Å². The summed E-state index contributed by atoms with van der Waals surface area (Å²) in [5, 5.41) is 5.32. The third-order valence-corrected chi connectivity index (χ3v) is 4.07. The highest BCUT2D eigenvalue weighted by molar-refractivity contribution is 6.31. The quantitative estimate of drug-likeness (QED) is 0.907. The summed E-state index contributed by atoms with van der Waals surface area (Å²) in [6.45, 7) is 6.31. The number of aromatic nitrogens is 2. The van der Waals surface area contributed by atoms with Gasteiger partial charge in [0.2, 0.25) is 0 Å². The van der Waals surface area contributed by atoms with Gasteiger partial charge in [0.05, 0.1) is 5.69 Å². The molecular weight excluding hydrogens is 270 g/mol. The first-order chi connectivity index (χ1) is 9.44. The zero-order chi connectivity index (χ0) is 14.8. The van der Waals surface area contributed by atoms with Gasteiger partial charge in [0.25, 0.3) is 0 Å². The van der Waals surface area contributed by atoms with E-state index in [1.807, 2.05) is 48.1 Å². The fourth-order valence-electron chi connectivity index (χ4n) is 2.30. The van der Waals surface area contributed by atoms with Crippen molar-refractivity contribution < 1.29 is 0 Å². The molecule has 0 saturated heterocycles. The fraction of sp³-hybridized carbons (Fsp3) is 0.438. The lowest BCUT2D eigenvalue weighted by Gasteiger charge is -2.25. The first kappa shape index (κ1) is 15.1. The summed E-state index contributed by atoms with van der Waals surface area (Å²) in [5.41, 5.74) is 7.89. The van der Waals surface area contributed by atoms with Crippen molar-refractivity contribution in [1.82, 2.24) is 9.78 Å². The molecule has 4 heteroatoms. The molecule has 2 aromatic rings. The normalized spacial score (nSPS) is 15.8. The maximum Gasteiger partial charge on any atom is 0.0646 e. The zero-order valence-corrected chi connectivity index (χ0v) is 13.1. The minimum atomic E-state index is -0.521. The van der Waals surface area contributed by atoms with E-state index in [0.717, 1.165) is 17.7 Å². The summed E-state index contributed by atoms with van der Waals surface area (Å²) in [4.78, 5) is 0. The fourth-order valence-corrected chi connectivity index (χ4v) is 2.65. The third-order valence-electron chi connectivity index (χ3n) is 3.74. The molecular formula is C16H22ClN3. The van der Waals surface area contributed by atoms with Gasteiger partial charge < -0.3 is 5.73 Å². The van der Waals surface area contributed by atoms with Crippen LogP contribution in [0.5, 0.6) is 0 Å². The molecule has 20 heavy (non-hydrogen) atoms. The van der Waals surface area contributed by atoms with Gasteiger partial charge in [-0.15, -0.1) is 0 Å². The molecule has 0 radical (unpaired) electrons. The average molecular weight is 292 g/mol. The minimum Gasteiger partial charge on any atom is -0.321 e. The first-order valence-electron chi connectivity index (χ1n) is 7.02. The van der Waals surface area contributed by atoms with Crippen LogP contribution < -0.4 is 5.73 Å². The summed E-state index contributed by atoms with van der Waals surface area (Å²) in [5.74, 6) is 0. The molecule has 0 aliphatic heterocycles. The maximum absolute atomic E-state index is 6.46. The number of nitrogens with zero attached hydrogens (tertiary/aromatic N) is 2. The smallest absolute Gasteiger partial charge is 0.0646 e. The molecule has 2 unspecified atom stereocenters. The van der Waals surface area contributed by atoms with Gasteiger partial charge in [0.1, 0.15) is 0 Å². The van der Waals surface area contributed by atoms with Gasteiger partial charge in [0.15, 0.2) is 0 Å². The van der Waals surface area contributed by atoms with Crippen molar-refractivity contribution in [1.29, 1.82) is 0 Å². The zero-order valence-electron chi connectivity index (χ0n) is 12.3. The molecule has 0 saturated carbocycles. The number of halogens is 1. The largest absolute Gasteiger partial charge is 0.321 e. The van der Waals surface area contributed by atoms with Crippen LogP contribution in [-0.4, -0.2) is 9.78 Å². The number of benzene rings is 1. The monoisotopic (exact) mass is 291 g/mol. The van der Waals surface area contributed by atoms with Crippen LogP contribution in [0, 0.1) is 0 Å². The molecule has 108 valence electrons. The predicted octanol–water partition coefficient (Wildman–Crippen LogP) is 3.92. The van der Waals surface area contributed by atoms with Crippen molar-refractivity contribution in [3.8, 4) is 0 Å². The lowest BCUT2D eigenvalue weighted by molar-refractivity contribution is 0.452. The van der Waals surface area contributed by atoms with Crippen LogP contribution in [0.25, 0.3) is 0 Å². The molecule has 1 aromatic carbocycles. The number of hydrogen-bond acceptors (Lipinski definition) is 2. The molecule has 2 N–H and O–H groups in total. The van der Waals surface area contributed by atoms with Crippen molar-refractivity contribution in [2.24, 2.45) is 5.73 Å². The molecule has 0 aliphatic carbocycles. The molecule has 2 atom stereocenters. The van der Waals surface area contributed by atoms with Crippen LogP contribution in [0.15, 0.2) is 36.5 Å². The minimum absolute atomic E-state index is 0.410. The highest BCUT2D eigenvalue weighted by Gasteiger charge is 2.25. The predicted molar refractivity (Wildman–Crippen MR) is 83.9 cm³/mol. The Morgan fingerprint density at radius 1 is 1.35 bits per heavy atom. The number of rotatable bonds is 5. The van der Waals surface area contributed by atoms with Crippen molar-refractivity contribution in [2.75, 3.05) is 0 Å². The van der Waals surface area contributed by atoms with Crippen LogP contribution in [0.2, 0.25) is 5.02 Å². The molecule has 0 spiro atoms. The molecule has 0 aliphatic rings. The van der Waals surface area contributed by atoms with E-state index in [9.17, 15) is 0 Å². The topological polar surface area (TPSA) is 43.8 Å². The first-order valence-corrected chi connectivity index (χ1v) is 7.39. The highest BCUT2D eigenvalue weighted by atomic mass is 35.5. The molecule has 2 rings (SSSR count). The van der Waals surface area contributed by atoms with E-state index in [1.54, 1.807) is 0 Å². The Hall–Kier alpha value is -1.32. The second kappa shape index (κ2) is 5.98. The van der Waals surface area contributed by atoms with Crippen molar-refractivity contribution in [3.63, 3.8) is 0 Å². The van der Waals surface area contributed by atoms with Crippen molar-refractivity contribution in [3.05, 3.63) is 52.8 Å². The average Bonchev–Trinajstić information content (AvgIpc) is 2.85. The van der Waals surface area contributed by atoms with E-state index in [0.29, 0.717) is 17.5 Å². The van der Waals surface area contributed by atoms with Crippen LogP contribution in [-0.2, 0) is 12.0 Å². The van der Waals surface area contributed by atoms with Gasteiger partial charge >= 0.3 is 0 Å². The second-order valence-electron chi connectivity index (χ2n) is 5.62. The second-order valence-corrected chi connectivity index (χ2v) is 6.03. The van der Waals surface area contributed by atoms with Gasteiger partial charge in [-0.25, -0.2) is 0 Å². The number of hydrogen-bond donors (Lipinski definition) is 1. The Bertz CT molecular complexity index is 575. The summed E-state index contributed by atoms with van der Waals surface area (Å²) in [7, 11) is 0. The molecule has 0 fully saturated rings. The van der Waals surface area contributed by atoms with Gasteiger partial charge in [-0.2, -0.15) is 5.10 Å². The third kappa shape index (κ3) is 3.22. The van der Waals surface area contributed by atoms with Gasteiger partial charge in [-0.1, -0.05) is 36.7 Å². The maximum atomic E-state index is 6.46. The SMILES string of the molecule is CCC(C)n1ccc(CC(C)(N)c2ccccc2Cl)n1. The highest BCUT2D eigenvalue weighted by Crippen LogP contribution is 2.28. The molecule has 1 aromatic heterocycles. The van der Waals surface area contributed by atoms with Gasteiger partial charge in [-0.05, 0) is 38.0 Å². The van der Waals surface area contributed by atoms with Crippen molar-refractivity contribution in [2.45, 2.75) is 45.2 Å². The molecule has 1 heterocycles. The Morgan fingerprint density at radius 3 is 2.70 bits per heavy atom. The summed E-state index contributed by atoms with van der Waals surface area (Å²) < 4.78 is 2.00. The Labute approximate surface area is 125 Å².